The Morgan fingerprint density at radius 1 is 1.00 bits per heavy atom. The van der Waals surface area contributed by atoms with Gasteiger partial charge in [-0.1, -0.05) is 36.4 Å². The predicted molar refractivity (Wildman–Crippen MR) is 117 cm³/mol. The molecule has 0 fully saturated rings. The fourth-order valence-corrected chi connectivity index (χ4v) is 3.10. The van der Waals surface area contributed by atoms with Crippen molar-refractivity contribution in [2.75, 3.05) is 12.4 Å². The van der Waals surface area contributed by atoms with E-state index in [1.807, 2.05) is 18.2 Å². The third kappa shape index (κ3) is 5.45. The third-order valence-electron chi connectivity index (χ3n) is 4.43. The molecule has 3 aromatic rings. The van der Waals surface area contributed by atoms with Crippen LogP contribution in [0, 0.1) is 0 Å². The highest BCUT2D eigenvalue weighted by Crippen LogP contribution is 2.24. The lowest BCUT2D eigenvalue weighted by Gasteiger charge is -2.19. The number of nitrogens with zero attached hydrogens (tertiary/aromatic N) is 1. The van der Waals surface area contributed by atoms with Gasteiger partial charge >= 0.3 is 12.1 Å². The Labute approximate surface area is 180 Å². The number of hydrogen-bond donors (Lipinski definition) is 1. The SMILES string of the molecule is COC(=O)Cc1cnc(C(=O)c2cccc(NC(=O)OC(C)(C)C)c2)c2ccccc12. The highest BCUT2D eigenvalue weighted by molar-refractivity contribution is 6.15. The summed E-state index contributed by atoms with van der Waals surface area (Å²) in [4.78, 5) is 41.3. The molecule has 0 aliphatic heterocycles. The Bertz CT molecular complexity index is 1150. The number of carbonyl (C=O) groups excluding carboxylic acids is 3. The highest BCUT2D eigenvalue weighted by atomic mass is 16.6. The van der Waals surface area contributed by atoms with E-state index in [-0.39, 0.29) is 23.9 Å². The molecular formula is C24H24N2O5. The van der Waals surface area contributed by atoms with Gasteiger partial charge < -0.3 is 9.47 Å². The zero-order valence-corrected chi connectivity index (χ0v) is 17.9. The van der Waals surface area contributed by atoms with Crippen molar-refractivity contribution >= 4 is 34.3 Å². The number of amides is 1. The predicted octanol–water partition coefficient (Wildman–Crippen LogP) is 4.53. The number of aromatic nitrogens is 1. The second-order valence-corrected chi connectivity index (χ2v) is 7.97. The van der Waals surface area contributed by atoms with Crippen LogP contribution in [0.4, 0.5) is 10.5 Å². The summed E-state index contributed by atoms with van der Waals surface area (Å²) in [6.45, 7) is 5.31. The van der Waals surface area contributed by atoms with Gasteiger partial charge in [0.25, 0.3) is 0 Å². The van der Waals surface area contributed by atoms with Crippen molar-refractivity contribution in [2.24, 2.45) is 0 Å². The Morgan fingerprint density at radius 3 is 2.39 bits per heavy atom. The molecule has 0 radical (unpaired) electrons. The minimum Gasteiger partial charge on any atom is -0.469 e. The van der Waals surface area contributed by atoms with Gasteiger partial charge in [0.15, 0.2) is 0 Å². The van der Waals surface area contributed by atoms with Gasteiger partial charge in [-0.25, -0.2) is 4.79 Å². The van der Waals surface area contributed by atoms with Crippen LogP contribution in [-0.2, 0) is 20.7 Å². The van der Waals surface area contributed by atoms with E-state index in [2.05, 4.69) is 10.3 Å². The van der Waals surface area contributed by atoms with Crippen LogP contribution in [0.2, 0.25) is 0 Å². The number of rotatable bonds is 5. The maximum atomic E-state index is 13.2. The number of pyridine rings is 1. The quantitative estimate of drug-likeness (QED) is 0.481. The zero-order chi connectivity index (χ0) is 22.6. The largest absolute Gasteiger partial charge is 0.469 e. The molecule has 0 atom stereocenters. The van der Waals surface area contributed by atoms with Gasteiger partial charge in [-0.05, 0) is 43.9 Å². The lowest BCUT2D eigenvalue weighted by molar-refractivity contribution is -0.139. The van der Waals surface area contributed by atoms with E-state index in [1.54, 1.807) is 51.1 Å². The number of ether oxygens (including phenoxy) is 2. The van der Waals surface area contributed by atoms with Crippen molar-refractivity contribution in [3.8, 4) is 0 Å². The lowest BCUT2D eigenvalue weighted by Crippen LogP contribution is -2.27. The van der Waals surface area contributed by atoms with E-state index in [0.29, 0.717) is 22.2 Å². The summed E-state index contributed by atoms with van der Waals surface area (Å²) in [7, 11) is 1.33. The van der Waals surface area contributed by atoms with Crippen LogP contribution in [0.15, 0.2) is 54.7 Å². The van der Waals surface area contributed by atoms with Gasteiger partial charge in [-0.15, -0.1) is 0 Å². The Balaban J connectivity index is 1.92. The molecule has 0 aliphatic carbocycles. The summed E-state index contributed by atoms with van der Waals surface area (Å²) in [6.07, 6.45) is 0.983. The number of anilines is 1. The molecule has 0 saturated carbocycles. The van der Waals surface area contributed by atoms with Crippen LogP contribution >= 0.6 is 0 Å². The van der Waals surface area contributed by atoms with Crippen molar-refractivity contribution in [3.05, 3.63) is 71.5 Å². The smallest absolute Gasteiger partial charge is 0.412 e. The van der Waals surface area contributed by atoms with Crippen LogP contribution in [0.1, 0.15) is 42.4 Å². The van der Waals surface area contributed by atoms with E-state index in [0.717, 1.165) is 5.39 Å². The molecular weight excluding hydrogens is 396 g/mol. The van der Waals surface area contributed by atoms with Gasteiger partial charge in [0.1, 0.15) is 11.3 Å². The summed E-state index contributed by atoms with van der Waals surface area (Å²) >= 11 is 0. The van der Waals surface area contributed by atoms with Gasteiger partial charge in [-0.3, -0.25) is 19.9 Å². The number of methoxy groups -OCH3 is 1. The van der Waals surface area contributed by atoms with Crippen LogP contribution < -0.4 is 5.32 Å². The molecule has 0 bridgehead atoms. The number of fused-ring (bicyclic) bond motifs is 1. The third-order valence-corrected chi connectivity index (χ3v) is 4.43. The summed E-state index contributed by atoms with van der Waals surface area (Å²) in [5.41, 5.74) is 1.11. The van der Waals surface area contributed by atoms with Crippen LogP contribution in [0.5, 0.6) is 0 Å². The molecule has 0 saturated heterocycles. The second kappa shape index (κ2) is 8.95. The standard InChI is InChI=1S/C24H24N2O5/c1-24(2,3)31-23(29)26-17-9-7-8-15(12-17)22(28)21-19-11-6-5-10-18(19)16(14-25-21)13-20(27)30-4/h5-12,14H,13H2,1-4H3,(H,26,29). The summed E-state index contributed by atoms with van der Waals surface area (Å²) < 4.78 is 10.00. The Hall–Kier alpha value is -3.74. The van der Waals surface area contributed by atoms with E-state index in [1.165, 1.54) is 13.3 Å². The first-order valence-corrected chi connectivity index (χ1v) is 9.76. The number of ketones is 1. The molecule has 31 heavy (non-hydrogen) atoms. The Morgan fingerprint density at radius 2 is 1.71 bits per heavy atom. The maximum absolute atomic E-state index is 13.2. The van der Waals surface area contributed by atoms with Crippen molar-refractivity contribution in [2.45, 2.75) is 32.8 Å². The van der Waals surface area contributed by atoms with E-state index in [4.69, 9.17) is 9.47 Å². The molecule has 1 N–H and O–H groups in total. The molecule has 7 nitrogen and oxygen atoms in total. The monoisotopic (exact) mass is 420 g/mol. The molecule has 0 aliphatic rings. The summed E-state index contributed by atoms with van der Waals surface area (Å²) in [5, 5.41) is 4.03. The first-order chi connectivity index (χ1) is 14.7. The molecule has 1 aromatic heterocycles. The zero-order valence-electron chi connectivity index (χ0n) is 17.9. The van der Waals surface area contributed by atoms with Crippen LogP contribution in [0.25, 0.3) is 10.8 Å². The van der Waals surface area contributed by atoms with E-state index in [9.17, 15) is 14.4 Å². The summed E-state index contributed by atoms with van der Waals surface area (Å²) in [6, 6.07) is 13.9. The van der Waals surface area contributed by atoms with Gasteiger partial charge in [0.05, 0.1) is 13.5 Å². The number of benzene rings is 2. The number of hydrogen-bond acceptors (Lipinski definition) is 6. The number of carbonyl (C=O) groups is 3. The second-order valence-electron chi connectivity index (χ2n) is 7.97. The Kier molecular flexibility index (Phi) is 6.34. The number of nitrogens with one attached hydrogen (secondary N) is 1. The minimum atomic E-state index is -0.633. The highest BCUT2D eigenvalue weighted by Gasteiger charge is 2.19. The van der Waals surface area contributed by atoms with Gasteiger partial charge in [0, 0.05) is 22.8 Å². The summed E-state index contributed by atoms with van der Waals surface area (Å²) in [5.74, 6) is -0.680. The molecule has 1 amide bonds. The molecule has 0 spiro atoms. The molecule has 2 aromatic carbocycles. The van der Waals surface area contributed by atoms with Gasteiger partial charge in [0.2, 0.25) is 5.78 Å². The average Bonchev–Trinajstić information content (AvgIpc) is 2.72. The van der Waals surface area contributed by atoms with Crippen LogP contribution in [-0.4, -0.2) is 35.5 Å². The normalized spacial score (nSPS) is 11.1. The topological polar surface area (TPSA) is 94.6 Å². The molecule has 3 rings (SSSR count). The maximum Gasteiger partial charge on any atom is 0.412 e. The molecule has 7 heteroatoms. The minimum absolute atomic E-state index is 0.0633. The average molecular weight is 420 g/mol. The van der Waals surface area contributed by atoms with Gasteiger partial charge in [-0.2, -0.15) is 0 Å². The first kappa shape index (κ1) is 22.0. The fraction of sp³-hybridized carbons (Fsp3) is 0.250. The van der Waals surface area contributed by atoms with Crippen molar-refractivity contribution in [1.29, 1.82) is 0 Å². The molecule has 160 valence electrons. The van der Waals surface area contributed by atoms with Crippen molar-refractivity contribution in [1.82, 2.24) is 4.98 Å². The van der Waals surface area contributed by atoms with Crippen LogP contribution in [0.3, 0.4) is 0 Å². The first-order valence-electron chi connectivity index (χ1n) is 9.76. The van der Waals surface area contributed by atoms with E-state index < -0.39 is 11.7 Å². The molecule has 1 heterocycles. The van der Waals surface area contributed by atoms with Crippen molar-refractivity contribution in [3.63, 3.8) is 0 Å². The lowest BCUT2D eigenvalue weighted by atomic mass is 9.98. The molecule has 0 unspecified atom stereocenters. The van der Waals surface area contributed by atoms with E-state index >= 15 is 0 Å². The fourth-order valence-electron chi connectivity index (χ4n) is 3.10. The number of esters is 1. The van der Waals surface area contributed by atoms with Crippen molar-refractivity contribution < 1.29 is 23.9 Å².